The highest BCUT2D eigenvalue weighted by molar-refractivity contribution is 9.10. The van der Waals surface area contributed by atoms with Crippen LogP contribution in [0.2, 0.25) is 0 Å². The van der Waals surface area contributed by atoms with Crippen molar-refractivity contribution < 1.29 is 0 Å². The van der Waals surface area contributed by atoms with Gasteiger partial charge in [0.2, 0.25) is 5.95 Å². The lowest BCUT2D eigenvalue weighted by atomic mass is 10.1. The van der Waals surface area contributed by atoms with Crippen LogP contribution in [0.3, 0.4) is 0 Å². The summed E-state index contributed by atoms with van der Waals surface area (Å²) in [6, 6.07) is 10.1. The molecular formula is C14H13BrN4. The van der Waals surface area contributed by atoms with Crippen LogP contribution < -0.4 is 5.73 Å². The average Bonchev–Trinajstić information content (AvgIpc) is 2.74. The van der Waals surface area contributed by atoms with Crippen LogP contribution in [0.25, 0.3) is 11.0 Å². The van der Waals surface area contributed by atoms with E-state index in [4.69, 9.17) is 5.73 Å². The first-order chi connectivity index (χ1) is 9.16. The molecule has 0 aliphatic heterocycles. The maximum atomic E-state index is 6.06. The van der Waals surface area contributed by atoms with Crippen LogP contribution in [0.15, 0.2) is 47.2 Å². The maximum absolute atomic E-state index is 6.06. The largest absolute Gasteiger partial charge is 0.369 e. The predicted molar refractivity (Wildman–Crippen MR) is 79.9 cm³/mol. The van der Waals surface area contributed by atoms with E-state index in [9.17, 15) is 0 Å². The van der Waals surface area contributed by atoms with E-state index in [0.717, 1.165) is 21.1 Å². The Morgan fingerprint density at radius 2 is 1.95 bits per heavy atom. The highest BCUT2D eigenvalue weighted by atomic mass is 79.9. The number of hydrogen-bond acceptors (Lipinski definition) is 3. The Labute approximate surface area is 119 Å². The lowest BCUT2D eigenvalue weighted by molar-refractivity contribution is 0.666. The van der Waals surface area contributed by atoms with Gasteiger partial charge in [0.15, 0.2) is 0 Å². The maximum Gasteiger partial charge on any atom is 0.201 e. The molecule has 0 bridgehead atoms. The molecule has 0 aliphatic carbocycles. The predicted octanol–water partition coefficient (Wildman–Crippen LogP) is 3.39. The van der Waals surface area contributed by atoms with Crippen LogP contribution >= 0.6 is 15.9 Å². The number of hydrogen-bond donors (Lipinski definition) is 1. The number of nitrogens with two attached hydrogens (primary N) is 1. The monoisotopic (exact) mass is 316 g/mol. The van der Waals surface area contributed by atoms with Crippen LogP contribution in [0.5, 0.6) is 0 Å². The molecule has 3 aromatic rings. The molecule has 96 valence electrons. The Bertz CT molecular complexity index is 721. The van der Waals surface area contributed by atoms with E-state index in [2.05, 4.69) is 32.8 Å². The second kappa shape index (κ2) is 4.66. The number of pyridine rings is 1. The van der Waals surface area contributed by atoms with Gasteiger partial charge in [0, 0.05) is 16.9 Å². The number of halogens is 1. The van der Waals surface area contributed by atoms with Crippen molar-refractivity contribution in [2.75, 3.05) is 5.73 Å². The molecular weight excluding hydrogens is 304 g/mol. The minimum absolute atomic E-state index is 0.113. The van der Waals surface area contributed by atoms with Gasteiger partial charge in [-0.15, -0.1) is 0 Å². The summed E-state index contributed by atoms with van der Waals surface area (Å²) in [6.07, 6.45) is 3.58. The minimum Gasteiger partial charge on any atom is -0.369 e. The standard InChI is InChI=1S/C14H13BrN4/c1-9(10-4-6-17-7-5-10)19-13-8-11(15)2-3-12(13)18-14(19)16/h2-9H,1H3,(H2,16,18). The molecule has 0 aliphatic rings. The zero-order valence-corrected chi connectivity index (χ0v) is 12.0. The van der Waals surface area contributed by atoms with E-state index < -0.39 is 0 Å². The summed E-state index contributed by atoms with van der Waals surface area (Å²) >= 11 is 3.49. The van der Waals surface area contributed by atoms with Crippen molar-refractivity contribution in [3.63, 3.8) is 0 Å². The molecule has 2 heterocycles. The van der Waals surface area contributed by atoms with Crippen LogP contribution in [0, 0.1) is 0 Å². The zero-order valence-electron chi connectivity index (χ0n) is 10.4. The number of fused-ring (bicyclic) bond motifs is 1. The third kappa shape index (κ3) is 2.10. The average molecular weight is 317 g/mol. The van der Waals surface area contributed by atoms with Gasteiger partial charge in [-0.2, -0.15) is 0 Å². The van der Waals surface area contributed by atoms with Crippen LogP contribution in [-0.2, 0) is 0 Å². The van der Waals surface area contributed by atoms with Gasteiger partial charge in [-0.05, 0) is 42.8 Å². The highest BCUT2D eigenvalue weighted by Crippen LogP contribution is 2.28. The second-order valence-corrected chi connectivity index (χ2v) is 5.35. The zero-order chi connectivity index (χ0) is 13.4. The molecule has 1 unspecified atom stereocenters. The smallest absolute Gasteiger partial charge is 0.201 e. The minimum atomic E-state index is 0.113. The Morgan fingerprint density at radius 1 is 1.21 bits per heavy atom. The number of imidazole rings is 1. The molecule has 0 fully saturated rings. The summed E-state index contributed by atoms with van der Waals surface area (Å²) in [4.78, 5) is 8.45. The van der Waals surface area contributed by atoms with Crippen molar-refractivity contribution in [1.82, 2.24) is 14.5 Å². The van der Waals surface area contributed by atoms with E-state index >= 15 is 0 Å². The molecule has 1 aromatic carbocycles. The Morgan fingerprint density at radius 3 is 2.68 bits per heavy atom. The molecule has 4 nitrogen and oxygen atoms in total. The molecule has 5 heteroatoms. The summed E-state index contributed by atoms with van der Waals surface area (Å²) in [6.45, 7) is 2.10. The first kappa shape index (κ1) is 12.2. The molecule has 3 rings (SSSR count). The van der Waals surface area contributed by atoms with Gasteiger partial charge in [0.25, 0.3) is 0 Å². The number of nitrogens with zero attached hydrogens (tertiary/aromatic N) is 3. The van der Waals surface area contributed by atoms with Crippen molar-refractivity contribution in [2.45, 2.75) is 13.0 Å². The van der Waals surface area contributed by atoms with Crippen LogP contribution in [-0.4, -0.2) is 14.5 Å². The van der Waals surface area contributed by atoms with Crippen LogP contribution in [0.1, 0.15) is 18.5 Å². The lowest BCUT2D eigenvalue weighted by Crippen LogP contribution is -2.10. The van der Waals surface area contributed by atoms with Crippen molar-refractivity contribution >= 4 is 32.9 Å². The number of anilines is 1. The Hall–Kier alpha value is -1.88. The van der Waals surface area contributed by atoms with Gasteiger partial charge in [0.1, 0.15) is 0 Å². The number of aromatic nitrogens is 3. The first-order valence-electron chi connectivity index (χ1n) is 5.99. The third-order valence-electron chi connectivity index (χ3n) is 3.25. The quantitative estimate of drug-likeness (QED) is 0.788. The summed E-state index contributed by atoms with van der Waals surface area (Å²) in [7, 11) is 0. The fourth-order valence-electron chi connectivity index (χ4n) is 2.28. The third-order valence-corrected chi connectivity index (χ3v) is 3.75. The van der Waals surface area contributed by atoms with Gasteiger partial charge in [0.05, 0.1) is 17.1 Å². The van der Waals surface area contributed by atoms with E-state index in [-0.39, 0.29) is 6.04 Å². The number of nitrogen functional groups attached to an aromatic ring is 1. The number of benzene rings is 1. The van der Waals surface area contributed by atoms with Crippen LogP contribution in [0.4, 0.5) is 5.95 Å². The Balaban J connectivity index is 2.19. The van der Waals surface area contributed by atoms with Gasteiger partial charge in [-0.3, -0.25) is 4.98 Å². The van der Waals surface area contributed by atoms with E-state index in [0.29, 0.717) is 5.95 Å². The summed E-state index contributed by atoms with van der Waals surface area (Å²) in [5.74, 6) is 0.525. The lowest BCUT2D eigenvalue weighted by Gasteiger charge is -2.16. The van der Waals surface area contributed by atoms with Gasteiger partial charge < -0.3 is 10.3 Å². The molecule has 0 saturated carbocycles. The van der Waals surface area contributed by atoms with Gasteiger partial charge >= 0.3 is 0 Å². The normalized spacial score (nSPS) is 12.7. The SMILES string of the molecule is CC(c1ccncc1)n1c(N)nc2ccc(Br)cc21. The van der Waals surface area contributed by atoms with Crippen molar-refractivity contribution in [3.8, 4) is 0 Å². The summed E-state index contributed by atoms with van der Waals surface area (Å²) in [5.41, 5.74) is 9.14. The Kier molecular flexibility index (Phi) is 2.98. The molecule has 0 spiro atoms. The molecule has 2 aromatic heterocycles. The van der Waals surface area contributed by atoms with Crippen molar-refractivity contribution in [3.05, 3.63) is 52.8 Å². The molecule has 2 N–H and O–H groups in total. The second-order valence-electron chi connectivity index (χ2n) is 4.43. The fourth-order valence-corrected chi connectivity index (χ4v) is 2.63. The van der Waals surface area contributed by atoms with Crippen molar-refractivity contribution in [2.24, 2.45) is 0 Å². The molecule has 0 radical (unpaired) electrons. The molecule has 19 heavy (non-hydrogen) atoms. The van der Waals surface area contributed by atoms with E-state index in [1.54, 1.807) is 12.4 Å². The number of rotatable bonds is 2. The first-order valence-corrected chi connectivity index (χ1v) is 6.79. The summed E-state index contributed by atoms with van der Waals surface area (Å²) in [5, 5.41) is 0. The summed E-state index contributed by atoms with van der Waals surface area (Å²) < 4.78 is 3.05. The van der Waals surface area contributed by atoms with E-state index in [1.807, 2.05) is 34.9 Å². The topological polar surface area (TPSA) is 56.7 Å². The van der Waals surface area contributed by atoms with Crippen molar-refractivity contribution in [1.29, 1.82) is 0 Å². The fraction of sp³-hybridized carbons (Fsp3) is 0.143. The van der Waals surface area contributed by atoms with E-state index in [1.165, 1.54) is 0 Å². The molecule has 0 saturated heterocycles. The van der Waals surface area contributed by atoms with Gasteiger partial charge in [-0.25, -0.2) is 4.98 Å². The highest BCUT2D eigenvalue weighted by Gasteiger charge is 2.15. The molecule has 1 atom stereocenters. The van der Waals surface area contributed by atoms with Gasteiger partial charge in [-0.1, -0.05) is 15.9 Å². The molecule has 0 amide bonds.